The molecule has 0 fully saturated rings. The highest BCUT2D eigenvalue weighted by molar-refractivity contribution is 8.13. The van der Waals surface area contributed by atoms with Crippen LogP contribution in [0, 0.1) is 11.5 Å². The summed E-state index contributed by atoms with van der Waals surface area (Å²) >= 11 is 1.43. The number of aliphatic imine (C=N–C) groups is 1. The van der Waals surface area contributed by atoms with Crippen LogP contribution < -0.4 is 5.32 Å². The van der Waals surface area contributed by atoms with Crippen molar-refractivity contribution in [3.05, 3.63) is 53.6 Å². The molecule has 0 heterocycles. The third-order valence-corrected chi connectivity index (χ3v) is 5.08. The minimum atomic E-state index is 0.0288. The summed E-state index contributed by atoms with van der Waals surface area (Å²) in [4.78, 5) is 4.73. The van der Waals surface area contributed by atoms with Crippen molar-refractivity contribution in [2.45, 2.75) is 52.4 Å². The molecule has 2 rings (SSSR count). The molecule has 0 amide bonds. The van der Waals surface area contributed by atoms with Gasteiger partial charge in [0.2, 0.25) is 0 Å². The van der Waals surface area contributed by atoms with Crippen molar-refractivity contribution < 1.29 is 0 Å². The number of nitrogens with zero attached hydrogens (tertiary/aromatic N) is 2. The van der Waals surface area contributed by atoms with E-state index in [9.17, 15) is 0 Å². The third-order valence-electron chi connectivity index (χ3n) is 4.50. The predicted octanol–water partition coefficient (Wildman–Crippen LogP) is 6.37. The van der Waals surface area contributed by atoms with Crippen molar-refractivity contribution in [3.63, 3.8) is 0 Å². The van der Waals surface area contributed by atoms with Crippen LogP contribution in [0.25, 0.3) is 11.1 Å². The number of thioether (sulfide) groups is 1. The first-order chi connectivity index (χ1) is 12.6. The molecule has 0 atom stereocenters. The second-order valence-corrected chi connectivity index (χ2v) is 9.46. The highest BCUT2D eigenvalue weighted by Gasteiger charge is 2.17. The molecular weight excluding hydrogens is 350 g/mol. The van der Waals surface area contributed by atoms with Gasteiger partial charge in [-0.25, -0.2) is 4.99 Å². The van der Waals surface area contributed by atoms with Gasteiger partial charge in [0.15, 0.2) is 11.4 Å². The van der Waals surface area contributed by atoms with E-state index in [-0.39, 0.29) is 10.8 Å². The average molecular weight is 380 g/mol. The van der Waals surface area contributed by atoms with Gasteiger partial charge in [0.1, 0.15) is 0 Å². The predicted molar refractivity (Wildman–Crippen MR) is 119 cm³/mol. The van der Waals surface area contributed by atoms with E-state index in [0.717, 1.165) is 16.8 Å². The Morgan fingerprint density at radius 1 is 0.926 bits per heavy atom. The number of amidine groups is 1. The maximum Gasteiger partial charge on any atom is 0.183 e. The van der Waals surface area contributed by atoms with E-state index >= 15 is 0 Å². The summed E-state index contributed by atoms with van der Waals surface area (Å²) in [7, 11) is 0. The summed E-state index contributed by atoms with van der Waals surface area (Å²) in [5, 5.41) is 12.2. The van der Waals surface area contributed by atoms with E-state index in [0.29, 0.717) is 5.17 Å². The molecule has 0 aliphatic heterocycles. The van der Waals surface area contributed by atoms with Gasteiger partial charge in [0.25, 0.3) is 0 Å². The summed E-state index contributed by atoms with van der Waals surface area (Å²) in [6.45, 7) is 13.2. The lowest BCUT2D eigenvalue weighted by Crippen LogP contribution is -2.13. The summed E-state index contributed by atoms with van der Waals surface area (Å²) in [6.07, 6.45) is 3.88. The van der Waals surface area contributed by atoms with Crippen LogP contribution in [0.1, 0.15) is 52.7 Å². The van der Waals surface area contributed by atoms with Crippen LogP contribution in [0.5, 0.6) is 0 Å². The Morgan fingerprint density at radius 2 is 1.48 bits per heavy atom. The first-order valence-corrected chi connectivity index (χ1v) is 10.3. The SMILES string of the molecule is CSC(=Nc1cc(C(C)(C)C)ccc1-c1ccc(C(C)(C)C)cc1)NC#N. The van der Waals surface area contributed by atoms with Crippen molar-refractivity contribution in [2.24, 2.45) is 4.99 Å². The van der Waals surface area contributed by atoms with Gasteiger partial charge in [-0.15, -0.1) is 0 Å². The Morgan fingerprint density at radius 3 is 1.96 bits per heavy atom. The Bertz CT molecular complexity index is 860. The maximum absolute atomic E-state index is 8.97. The van der Waals surface area contributed by atoms with E-state index < -0.39 is 0 Å². The van der Waals surface area contributed by atoms with Gasteiger partial charge in [0, 0.05) is 5.56 Å². The van der Waals surface area contributed by atoms with Gasteiger partial charge in [-0.1, -0.05) is 89.7 Å². The second kappa shape index (κ2) is 8.19. The van der Waals surface area contributed by atoms with E-state index in [4.69, 9.17) is 10.3 Å². The summed E-state index contributed by atoms with van der Waals surface area (Å²) in [6, 6.07) is 15.1. The Labute approximate surface area is 167 Å². The minimum absolute atomic E-state index is 0.0288. The lowest BCUT2D eigenvalue weighted by molar-refractivity contribution is 0.590. The van der Waals surface area contributed by atoms with Gasteiger partial charge in [-0.2, -0.15) is 5.26 Å². The van der Waals surface area contributed by atoms with Crippen LogP contribution >= 0.6 is 11.8 Å². The van der Waals surface area contributed by atoms with E-state index in [1.807, 2.05) is 12.4 Å². The summed E-state index contributed by atoms with van der Waals surface area (Å²) in [5.74, 6) is 0. The summed E-state index contributed by atoms with van der Waals surface area (Å²) < 4.78 is 0. The van der Waals surface area contributed by atoms with E-state index in [2.05, 4.69) is 89.3 Å². The molecule has 27 heavy (non-hydrogen) atoms. The van der Waals surface area contributed by atoms with Crippen LogP contribution in [0.2, 0.25) is 0 Å². The molecule has 2 aromatic rings. The van der Waals surface area contributed by atoms with Gasteiger partial charge in [-0.3, -0.25) is 5.32 Å². The normalized spacial score (nSPS) is 12.6. The van der Waals surface area contributed by atoms with Crippen LogP contribution in [0.3, 0.4) is 0 Å². The topological polar surface area (TPSA) is 48.2 Å². The molecule has 1 N–H and O–H groups in total. The van der Waals surface area contributed by atoms with E-state index in [1.54, 1.807) is 0 Å². The quantitative estimate of drug-likeness (QED) is 0.285. The largest absolute Gasteiger partial charge is 0.271 e. The zero-order chi connectivity index (χ0) is 20.2. The Kier molecular flexibility index (Phi) is 6.38. The monoisotopic (exact) mass is 379 g/mol. The molecule has 0 spiro atoms. The molecular formula is C23H29N3S. The molecule has 0 saturated carbocycles. The molecule has 2 aromatic carbocycles. The number of nitriles is 1. The zero-order valence-corrected chi connectivity index (χ0v) is 18.2. The molecule has 0 aliphatic rings. The van der Waals surface area contributed by atoms with Crippen molar-refractivity contribution in [2.75, 3.05) is 6.26 Å². The fourth-order valence-electron chi connectivity index (χ4n) is 2.77. The smallest absolute Gasteiger partial charge is 0.183 e. The first kappa shape index (κ1) is 21.1. The maximum atomic E-state index is 8.97. The number of benzene rings is 2. The first-order valence-electron chi connectivity index (χ1n) is 9.09. The average Bonchev–Trinajstić information content (AvgIpc) is 2.60. The standard InChI is InChI=1S/C23H29N3S/c1-22(2,3)17-10-8-16(9-11-17)19-13-12-18(23(4,5)6)14-20(19)26-21(27-7)25-15-24/h8-14H,1-7H3,(H,25,26). The lowest BCUT2D eigenvalue weighted by Gasteiger charge is -2.21. The van der Waals surface area contributed by atoms with Crippen LogP contribution in [0.15, 0.2) is 47.5 Å². The van der Waals surface area contributed by atoms with Gasteiger partial charge in [0.05, 0.1) is 5.69 Å². The van der Waals surface area contributed by atoms with Crippen molar-refractivity contribution >= 4 is 22.6 Å². The number of nitrogens with one attached hydrogen (secondary N) is 1. The van der Waals surface area contributed by atoms with Crippen molar-refractivity contribution in [1.29, 1.82) is 5.26 Å². The number of rotatable bonds is 2. The van der Waals surface area contributed by atoms with E-state index in [1.165, 1.54) is 22.9 Å². The van der Waals surface area contributed by atoms with Crippen LogP contribution in [-0.2, 0) is 10.8 Å². The Balaban J connectivity index is 2.60. The van der Waals surface area contributed by atoms with Gasteiger partial charge in [-0.05, 0) is 39.8 Å². The van der Waals surface area contributed by atoms with Crippen LogP contribution in [-0.4, -0.2) is 11.4 Å². The number of hydrogen-bond donors (Lipinski definition) is 1. The lowest BCUT2D eigenvalue weighted by atomic mass is 9.84. The molecule has 3 nitrogen and oxygen atoms in total. The second-order valence-electron chi connectivity index (χ2n) is 8.67. The number of hydrogen-bond acceptors (Lipinski definition) is 3. The molecule has 0 aromatic heterocycles. The van der Waals surface area contributed by atoms with Gasteiger partial charge >= 0.3 is 0 Å². The molecule has 0 bridgehead atoms. The fraction of sp³-hybridized carbons (Fsp3) is 0.391. The fourth-order valence-corrected chi connectivity index (χ4v) is 3.10. The molecule has 0 unspecified atom stereocenters. The van der Waals surface area contributed by atoms with Crippen LogP contribution in [0.4, 0.5) is 5.69 Å². The third kappa shape index (κ3) is 5.37. The molecule has 142 valence electrons. The molecule has 4 heteroatoms. The van der Waals surface area contributed by atoms with Crippen molar-refractivity contribution in [3.8, 4) is 17.3 Å². The Hall–Kier alpha value is -2.25. The van der Waals surface area contributed by atoms with Crippen molar-refractivity contribution in [1.82, 2.24) is 5.32 Å². The molecule has 0 radical (unpaired) electrons. The minimum Gasteiger partial charge on any atom is -0.271 e. The zero-order valence-electron chi connectivity index (χ0n) is 17.3. The molecule has 0 aliphatic carbocycles. The van der Waals surface area contributed by atoms with Gasteiger partial charge < -0.3 is 0 Å². The summed E-state index contributed by atoms with van der Waals surface area (Å²) in [5.41, 5.74) is 5.74. The molecule has 0 saturated heterocycles. The highest BCUT2D eigenvalue weighted by atomic mass is 32.2. The highest BCUT2D eigenvalue weighted by Crippen LogP contribution is 2.36.